The zero-order valence-corrected chi connectivity index (χ0v) is 18.7. The second-order valence-electron chi connectivity index (χ2n) is 8.10. The number of hydrogen-bond acceptors (Lipinski definition) is 7. The third kappa shape index (κ3) is 4.83. The van der Waals surface area contributed by atoms with Gasteiger partial charge >= 0.3 is 0 Å². The molecule has 0 aromatic heterocycles. The van der Waals surface area contributed by atoms with E-state index in [4.69, 9.17) is 18.9 Å². The number of anilines is 1. The Balaban J connectivity index is 1.30. The predicted molar refractivity (Wildman–Crippen MR) is 127 cm³/mol. The van der Waals surface area contributed by atoms with Gasteiger partial charge in [-0.1, -0.05) is 24.3 Å². The van der Waals surface area contributed by atoms with Gasteiger partial charge < -0.3 is 24.3 Å². The lowest BCUT2D eigenvalue weighted by molar-refractivity contribution is -0.112. The van der Waals surface area contributed by atoms with Gasteiger partial charge in [-0.25, -0.2) is 0 Å². The van der Waals surface area contributed by atoms with Crippen LogP contribution < -0.4 is 19.5 Å². The summed E-state index contributed by atoms with van der Waals surface area (Å²) in [6.45, 7) is 5.54. The van der Waals surface area contributed by atoms with Crippen molar-refractivity contribution in [3.63, 3.8) is 0 Å². The molecule has 3 aromatic carbocycles. The Hall–Kier alpha value is -3.62. The Morgan fingerprint density at radius 2 is 1.65 bits per heavy atom. The number of ketones is 1. The molecule has 8 nitrogen and oxygen atoms in total. The molecule has 34 heavy (non-hydrogen) atoms. The fourth-order valence-corrected chi connectivity index (χ4v) is 4.14. The van der Waals surface area contributed by atoms with Crippen LogP contribution in [0.25, 0.3) is 10.8 Å². The van der Waals surface area contributed by atoms with Crippen molar-refractivity contribution < 1.29 is 28.5 Å². The molecular weight excluding hydrogens is 436 g/mol. The smallest absolute Gasteiger partial charge is 0.296 e. The van der Waals surface area contributed by atoms with E-state index in [1.54, 1.807) is 30.3 Å². The monoisotopic (exact) mass is 462 g/mol. The summed E-state index contributed by atoms with van der Waals surface area (Å²) in [6, 6.07) is 15.9. The third-order valence-corrected chi connectivity index (χ3v) is 5.90. The maximum absolute atomic E-state index is 13.1. The standard InChI is InChI=1S/C26H26N2O6/c29-25(26(30)27-18-5-7-23-24(17-18)34-16-15-33-23)21-6-8-22(20-4-2-1-3-19(20)21)32-14-11-28-9-12-31-13-10-28/h1-8,17H,9-16H2,(H,27,30). The lowest BCUT2D eigenvalue weighted by atomic mass is 10.00. The molecule has 5 rings (SSSR count). The molecule has 1 fully saturated rings. The van der Waals surface area contributed by atoms with Gasteiger partial charge in [-0.2, -0.15) is 0 Å². The topological polar surface area (TPSA) is 86.3 Å². The molecular formula is C26H26N2O6. The molecule has 0 atom stereocenters. The zero-order chi connectivity index (χ0) is 23.3. The molecule has 3 aromatic rings. The summed E-state index contributed by atoms with van der Waals surface area (Å²) in [6.07, 6.45) is 0. The first-order valence-electron chi connectivity index (χ1n) is 11.4. The van der Waals surface area contributed by atoms with Crippen LogP contribution in [0.1, 0.15) is 10.4 Å². The summed E-state index contributed by atoms with van der Waals surface area (Å²) in [5, 5.41) is 4.14. The maximum Gasteiger partial charge on any atom is 0.296 e. The van der Waals surface area contributed by atoms with Crippen molar-refractivity contribution in [2.75, 3.05) is 58.0 Å². The lowest BCUT2D eigenvalue weighted by Gasteiger charge is -2.26. The van der Waals surface area contributed by atoms with Crippen molar-refractivity contribution in [3.05, 3.63) is 60.2 Å². The van der Waals surface area contributed by atoms with Gasteiger partial charge in [0.15, 0.2) is 11.5 Å². The number of benzene rings is 3. The van der Waals surface area contributed by atoms with E-state index >= 15 is 0 Å². The minimum Gasteiger partial charge on any atom is -0.492 e. The van der Waals surface area contributed by atoms with Crippen LogP contribution in [0.3, 0.4) is 0 Å². The molecule has 0 unspecified atom stereocenters. The van der Waals surface area contributed by atoms with E-state index in [2.05, 4.69) is 10.2 Å². The minimum atomic E-state index is -0.720. The van der Waals surface area contributed by atoms with E-state index in [9.17, 15) is 9.59 Å². The highest BCUT2D eigenvalue weighted by Gasteiger charge is 2.21. The van der Waals surface area contributed by atoms with Crippen molar-refractivity contribution in [2.45, 2.75) is 0 Å². The van der Waals surface area contributed by atoms with Gasteiger partial charge in [-0.05, 0) is 29.7 Å². The first-order valence-corrected chi connectivity index (χ1v) is 11.4. The van der Waals surface area contributed by atoms with Crippen LogP contribution in [0, 0.1) is 0 Å². The molecule has 0 saturated carbocycles. The number of hydrogen-bond donors (Lipinski definition) is 1. The molecule has 0 spiro atoms. The Morgan fingerprint density at radius 3 is 2.47 bits per heavy atom. The van der Waals surface area contributed by atoms with E-state index in [1.165, 1.54) is 0 Å². The van der Waals surface area contributed by atoms with Crippen LogP contribution in [0.2, 0.25) is 0 Å². The van der Waals surface area contributed by atoms with Crippen molar-refractivity contribution in [1.82, 2.24) is 4.90 Å². The second kappa shape index (κ2) is 10.1. The van der Waals surface area contributed by atoms with E-state index in [0.29, 0.717) is 53.7 Å². The Morgan fingerprint density at radius 1 is 0.882 bits per heavy atom. The van der Waals surface area contributed by atoms with Crippen LogP contribution in [0.5, 0.6) is 17.2 Å². The number of morpholine rings is 1. The van der Waals surface area contributed by atoms with E-state index in [0.717, 1.165) is 38.2 Å². The van der Waals surface area contributed by atoms with E-state index in [1.807, 2.05) is 24.3 Å². The number of amides is 1. The quantitative estimate of drug-likeness (QED) is 0.426. The number of fused-ring (bicyclic) bond motifs is 2. The molecule has 2 heterocycles. The fourth-order valence-electron chi connectivity index (χ4n) is 4.14. The van der Waals surface area contributed by atoms with Crippen molar-refractivity contribution >= 4 is 28.2 Å². The Bertz CT molecular complexity index is 1210. The summed E-state index contributed by atoms with van der Waals surface area (Å²) >= 11 is 0. The fraction of sp³-hybridized carbons (Fsp3) is 0.308. The summed E-state index contributed by atoms with van der Waals surface area (Å²) < 4.78 is 22.5. The number of nitrogens with one attached hydrogen (secondary N) is 1. The highest BCUT2D eigenvalue weighted by molar-refractivity contribution is 6.48. The molecule has 1 saturated heterocycles. The van der Waals surface area contributed by atoms with Gasteiger partial charge in [-0.3, -0.25) is 14.5 Å². The number of rotatable bonds is 7. The summed E-state index contributed by atoms with van der Waals surface area (Å²) in [7, 11) is 0. The maximum atomic E-state index is 13.1. The molecule has 1 amide bonds. The largest absolute Gasteiger partial charge is 0.492 e. The molecule has 0 radical (unpaired) electrons. The summed E-state index contributed by atoms with van der Waals surface area (Å²) in [5.74, 6) is 0.507. The molecule has 176 valence electrons. The van der Waals surface area contributed by atoms with Gasteiger partial charge in [0, 0.05) is 42.3 Å². The Kier molecular flexibility index (Phi) is 6.60. The van der Waals surface area contributed by atoms with E-state index in [-0.39, 0.29) is 0 Å². The second-order valence-corrected chi connectivity index (χ2v) is 8.10. The highest BCUT2D eigenvalue weighted by Crippen LogP contribution is 2.33. The van der Waals surface area contributed by atoms with Crippen LogP contribution in [-0.4, -0.2) is 69.3 Å². The highest BCUT2D eigenvalue weighted by atomic mass is 16.6. The van der Waals surface area contributed by atoms with Crippen LogP contribution >= 0.6 is 0 Å². The first kappa shape index (κ1) is 22.2. The molecule has 0 bridgehead atoms. The average molecular weight is 463 g/mol. The van der Waals surface area contributed by atoms with Gasteiger partial charge in [0.1, 0.15) is 25.6 Å². The lowest BCUT2D eigenvalue weighted by Crippen LogP contribution is -2.38. The SMILES string of the molecule is O=C(Nc1ccc2c(c1)OCCO2)C(=O)c1ccc(OCCN2CCOCC2)c2ccccc12. The van der Waals surface area contributed by atoms with Gasteiger partial charge in [0.2, 0.25) is 0 Å². The third-order valence-electron chi connectivity index (χ3n) is 5.90. The number of carbonyl (C=O) groups excluding carboxylic acids is 2. The van der Waals surface area contributed by atoms with E-state index < -0.39 is 11.7 Å². The van der Waals surface area contributed by atoms with Crippen LogP contribution in [-0.2, 0) is 9.53 Å². The predicted octanol–water partition coefficient (Wildman–Crippen LogP) is 3.14. The number of carbonyl (C=O) groups is 2. The number of nitrogens with zero attached hydrogens (tertiary/aromatic N) is 1. The minimum absolute atomic E-state index is 0.325. The summed E-state index contributed by atoms with van der Waals surface area (Å²) in [4.78, 5) is 28.1. The van der Waals surface area contributed by atoms with Crippen molar-refractivity contribution in [1.29, 1.82) is 0 Å². The van der Waals surface area contributed by atoms with Gasteiger partial charge in [-0.15, -0.1) is 0 Å². The molecule has 2 aliphatic rings. The molecule has 8 heteroatoms. The van der Waals surface area contributed by atoms with Crippen molar-refractivity contribution in [3.8, 4) is 17.2 Å². The zero-order valence-electron chi connectivity index (χ0n) is 18.7. The average Bonchev–Trinajstić information content (AvgIpc) is 2.89. The number of Topliss-reactive ketones (excluding diaryl/α,β-unsaturated/α-hetero) is 1. The molecule has 1 N–H and O–H groups in total. The van der Waals surface area contributed by atoms with Gasteiger partial charge in [0.05, 0.1) is 13.2 Å². The Labute approximate surface area is 197 Å². The number of ether oxygens (including phenoxy) is 4. The van der Waals surface area contributed by atoms with Crippen molar-refractivity contribution in [2.24, 2.45) is 0 Å². The van der Waals surface area contributed by atoms with Gasteiger partial charge in [0.25, 0.3) is 11.7 Å². The molecule has 0 aliphatic carbocycles. The normalized spacial score (nSPS) is 15.6. The van der Waals surface area contributed by atoms with Crippen LogP contribution in [0.4, 0.5) is 5.69 Å². The van der Waals surface area contributed by atoms with Crippen LogP contribution in [0.15, 0.2) is 54.6 Å². The summed E-state index contributed by atoms with van der Waals surface area (Å²) in [5.41, 5.74) is 0.793. The first-order chi connectivity index (χ1) is 16.7. The molecule has 2 aliphatic heterocycles.